The van der Waals surface area contributed by atoms with Crippen LogP contribution in [0.3, 0.4) is 0 Å². The van der Waals surface area contributed by atoms with Gasteiger partial charge in [0.15, 0.2) is 0 Å². The van der Waals surface area contributed by atoms with Gasteiger partial charge in [0.1, 0.15) is 0 Å². The Balaban J connectivity index is 1.57. The average Bonchev–Trinajstić information content (AvgIpc) is 3.00. The zero-order chi connectivity index (χ0) is 22.2. The summed E-state index contributed by atoms with van der Waals surface area (Å²) in [5.74, 6) is 0.136. The van der Waals surface area contributed by atoms with E-state index in [-0.39, 0.29) is 17.8 Å². The minimum absolute atomic E-state index is 0.136. The largest absolute Gasteiger partial charge is 0.324 e. The Kier molecular flexibility index (Phi) is 6.35. The van der Waals surface area contributed by atoms with Gasteiger partial charge in [-0.2, -0.15) is 0 Å². The van der Waals surface area contributed by atoms with Crippen molar-refractivity contribution in [2.75, 3.05) is 35.0 Å². The maximum absolute atomic E-state index is 12.6. The molecule has 0 radical (unpaired) electrons. The molecule has 0 spiro atoms. The Hall–Kier alpha value is -1.85. The molecule has 168 valence electrons. The number of benzene rings is 1. The highest BCUT2D eigenvalue weighted by Gasteiger charge is 2.33. The van der Waals surface area contributed by atoms with Gasteiger partial charge in [-0.15, -0.1) is 0 Å². The molecule has 0 aliphatic carbocycles. The highest BCUT2D eigenvalue weighted by molar-refractivity contribution is 7.93. The molecule has 0 bridgehead atoms. The number of carbonyl (C=O) groups excluding carboxylic acids is 1. The Morgan fingerprint density at radius 2 is 1.80 bits per heavy atom. The van der Waals surface area contributed by atoms with E-state index in [1.54, 1.807) is 49.9 Å². The minimum Gasteiger partial charge on any atom is -0.324 e. The summed E-state index contributed by atoms with van der Waals surface area (Å²) >= 11 is 0. The van der Waals surface area contributed by atoms with Crippen molar-refractivity contribution in [3.63, 3.8) is 0 Å². The van der Waals surface area contributed by atoms with Gasteiger partial charge in [0.25, 0.3) is 0 Å². The van der Waals surface area contributed by atoms with Gasteiger partial charge < -0.3 is 10.2 Å². The Morgan fingerprint density at radius 3 is 2.37 bits per heavy atom. The Bertz CT molecular complexity index is 994. The van der Waals surface area contributed by atoms with Crippen molar-refractivity contribution >= 4 is 37.5 Å². The topological polar surface area (TPSA) is 116 Å². The fourth-order valence-electron chi connectivity index (χ4n) is 3.47. The third kappa shape index (κ3) is 5.06. The third-order valence-corrected chi connectivity index (χ3v) is 9.52. The summed E-state index contributed by atoms with van der Waals surface area (Å²) in [4.78, 5) is 14.3. The van der Waals surface area contributed by atoms with Gasteiger partial charge in [0.2, 0.25) is 20.0 Å². The van der Waals surface area contributed by atoms with E-state index in [4.69, 9.17) is 0 Å². The molecule has 0 unspecified atom stereocenters. The number of piperidine rings is 1. The Morgan fingerprint density at radius 1 is 1.13 bits per heavy atom. The van der Waals surface area contributed by atoms with Crippen LogP contribution in [0, 0.1) is 0 Å². The number of sulfonamides is 2. The first-order chi connectivity index (χ1) is 13.9. The molecule has 9 nitrogen and oxygen atoms in total. The summed E-state index contributed by atoms with van der Waals surface area (Å²) in [6.45, 7) is 6.27. The van der Waals surface area contributed by atoms with Crippen LogP contribution in [0.5, 0.6) is 0 Å². The van der Waals surface area contributed by atoms with Crippen molar-refractivity contribution in [1.82, 2.24) is 9.62 Å². The second kappa shape index (κ2) is 8.35. The van der Waals surface area contributed by atoms with E-state index in [2.05, 4.69) is 10.0 Å². The predicted molar refractivity (Wildman–Crippen MR) is 118 cm³/mol. The highest BCUT2D eigenvalue weighted by atomic mass is 32.2. The number of nitrogens with zero attached hydrogens (tertiary/aromatic N) is 2. The number of carbonyl (C=O) groups is 1. The molecule has 1 aromatic carbocycles. The molecule has 2 heterocycles. The molecule has 30 heavy (non-hydrogen) atoms. The monoisotopic (exact) mass is 458 g/mol. The van der Waals surface area contributed by atoms with Crippen LogP contribution in [0.1, 0.15) is 40.0 Å². The molecule has 0 aromatic heterocycles. The van der Waals surface area contributed by atoms with Gasteiger partial charge in [0, 0.05) is 31.4 Å². The van der Waals surface area contributed by atoms with Crippen LogP contribution in [0.2, 0.25) is 0 Å². The molecule has 2 fully saturated rings. The van der Waals surface area contributed by atoms with Crippen LogP contribution < -0.4 is 14.3 Å². The molecule has 2 amide bonds. The number of hydrogen-bond donors (Lipinski definition) is 2. The fraction of sp³-hybridized carbons (Fsp3) is 0.632. The number of nitrogens with one attached hydrogen (secondary N) is 2. The van der Waals surface area contributed by atoms with Crippen molar-refractivity contribution in [2.24, 2.45) is 0 Å². The highest BCUT2D eigenvalue weighted by Crippen LogP contribution is 2.27. The molecule has 1 aromatic rings. The first-order valence-corrected chi connectivity index (χ1v) is 13.2. The predicted octanol–water partition coefficient (Wildman–Crippen LogP) is 1.94. The molecule has 3 rings (SSSR count). The van der Waals surface area contributed by atoms with Gasteiger partial charge in [-0.25, -0.2) is 26.4 Å². The van der Waals surface area contributed by atoms with Gasteiger partial charge in [-0.1, -0.05) is 6.07 Å². The van der Waals surface area contributed by atoms with Gasteiger partial charge in [-0.05, 0) is 58.2 Å². The number of urea groups is 1. The summed E-state index contributed by atoms with van der Waals surface area (Å²) in [5.41, 5.74) is 1.07. The lowest BCUT2D eigenvalue weighted by Crippen LogP contribution is -2.50. The molecule has 0 saturated carbocycles. The number of hydrogen-bond acceptors (Lipinski definition) is 5. The second-order valence-corrected chi connectivity index (χ2v) is 13.2. The quantitative estimate of drug-likeness (QED) is 0.715. The molecule has 2 aliphatic rings. The molecule has 0 atom stereocenters. The van der Waals surface area contributed by atoms with Gasteiger partial charge >= 0.3 is 6.03 Å². The minimum atomic E-state index is -3.43. The smallest absolute Gasteiger partial charge is 0.321 e. The normalized spacial score (nSPS) is 20.4. The van der Waals surface area contributed by atoms with Crippen LogP contribution in [-0.2, 0) is 20.0 Å². The summed E-state index contributed by atoms with van der Waals surface area (Å²) in [5, 5.41) is 2.82. The first-order valence-electron chi connectivity index (χ1n) is 10.1. The van der Waals surface area contributed by atoms with Crippen LogP contribution in [-0.4, -0.2) is 63.9 Å². The molecule has 2 aliphatic heterocycles. The lowest BCUT2D eigenvalue weighted by atomic mass is 10.1. The standard InChI is InChI=1S/C19H30N4O5S2/c1-19(2,3)30(27,28)21-15-8-11-22(12-9-15)18(24)20-16-6-4-7-17(14-16)23-10-5-13-29(23,25)26/h4,6-7,14-15,21H,5,8-13H2,1-3H3,(H,20,24). The number of rotatable bonds is 4. The maximum atomic E-state index is 12.6. The van der Waals surface area contributed by atoms with Crippen LogP contribution in [0.4, 0.5) is 16.2 Å². The van der Waals surface area contributed by atoms with Crippen molar-refractivity contribution in [1.29, 1.82) is 0 Å². The van der Waals surface area contributed by atoms with Crippen molar-refractivity contribution in [3.8, 4) is 0 Å². The molecule has 11 heteroatoms. The molecule has 2 N–H and O–H groups in total. The number of anilines is 2. The zero-order valence-corrected chi connectivity index (χ0v) is 19.2. The van der Waals surface area contributed by atoms with E-state index < -0.39 is 24.8 Å². The number of amides is 2. The van der Waals surface area contributed by atoms with Gasteiger partial charge in [-0.3, -0.25) is 4.31 Å². The summed E-state index contributed by atoms with van der Waals surface area (Å²) < 4.78 is 52.1. The van der Waals surface area contributed by atoms with E-state index >= 15 is 0 Å². The van der Waals surface area contributed by atoms with Crippen LogP contribution in [0.15, 0.2) is 24.3 Å². The van der Waals surface area contributed by atoms with E-state index in [1.165, 1.54) is 4.31 Å². The number of likely N-dealkylation sites (tertiary alicyclic amines) is 1. The van der Waals surface area contributed by atoms with E-state index in [0.717, 1.165) is 0 Å². The van der Waals surface area contributed by atoms with Crippen LogP contribution in [0.25, 0.3) is 0 Å². The Labute approximate surface area is 178 Å². The van der Waals surface area contributed by atoms with Crippen molar-refractivity contribution in [3.05, 3.63) is 24.3 Å². The lowest BCUT2D eigenvalue weighted by Gasteiger charge is -2.33. The lowest BCUT2D eigenvalue weighted by molar-refractivity contribution is 0.193. The molecular formula is C19H30N4O5S2. The van der Waals surface area contributed by atoms with Gasteiger partial charge in [0.05, 0.1) is 16.2 Å². The molecular weight excluding hydrogens is 428 g/mol. The van der Waals surface area contributed by atoms with E-state index in [9.17, 15) is 21.6 Å². The third-order valence-electron chi connectivity index (χ3n) is 5.39. The maximum Gasteiger partial charge on any atom is 0.321 e. The second-order valence-electron chi connectivity index (χ2n) is 8.72. The average molecular weight is 459 g/mol. The van der Waals surface area contributed by atoms with Crippen molar-refractivity contribution < 1.29 is 21.6 Å². The van der Waals surface area contributed by atoms with E-state index in [0.29, 0.717) is 50.3 Å². The first kappa shape index (κ1) is 22.8. The molecule has 2 saturated heterocycles. The zero-order valence-electron chi connectivity index (χ0n) is 17.6. The van der Waals surface area contributed by atoms with E-state index in [1.807, 2.05) is 0 Å². The summed E-state index contributed by atoms with van der Waals surface area (Å²) in [6.07, 6.45) is 1.66. The summed E-state index contributed by atoms with van der Waals surface area (Å²) in [7, 11) is -6.71. The fourth-order valence-corrected chi connectivity index (χ4v) is 6.05. The van der Waals surface area contributed by atoms with Crippen molar-refractivity contribution in [2.45, 2.75) is 50.8 Å². The SMILES string of the molecule is CC(C)(C)S(=O)(=O)NC1CCN(C(=O)Nc2cccc(N3CCCS3(=O)=O)c2)CC1. The van der Waals surface area contributed by atoms with Crippen LogP contribution >= 0.6 is 0 Å². The summed E-state index contributed by atoms with van der Waals surface area (Å²) in [6, 6.07) is 6.33.